The molecule has 0 fully saturated rings. The topological polar surface area (TPSA) is 61.9 Å². The maximum atomic E-state index is 13.2. The average molecular weight is 259 g/mol. The summed E-state index contributed by atoms with van der Waals surface area (Å²) in [6, 6.07) is 6.20. The number of hydrogen-bond donors (Lipinski definition) is 1. The van der Waals surface area contributed by atoms with E-state index in [-0.39, 0.29) is 0 Å². The first-order valence-electron chi connectivity index (χ1n) is 5.91. The van der Waals surface area contributed by atoms with Gasteiger partial charge < -0.3 is 9.73 Å². The fourth-order valence-electron chi connectivity index (χ4n) is 1.75. The van der Waals surface area contributed by atoms with Crippen LogP contribution in [0.5, 0.6) is 0 Å². The first-order chi connectivity index (χ1) is 9.08. The fourth-order valence-corrected chi connectivity index (χ4v) is 1.75. The molecule has 0 atom stereocenters. The van der Waals surface area contributed by atoms with Gasteiger partial charge in [0.15, 0.2) is 0 Å². The zero-order valence-corrected chi connectivity index (χ0v) is 10.8. The van der Waals surface area contributed by atoms with Gasteiger partial charge in [-0.25, -0.2) is 9.37 Å². The lowest BCUT2D eigenvalue weighted by Gasteiger charge is -2.03. The number of benzene rings is 1. The van der Waals surface area contributed by atoms with Gasteiger partial charge in [-0.2, -0.15) is 5.26 Å². The Kier molecular flexibility index (Phi) is 3.93. The van der Waals surface area contributed by atoms with Crippen LogP contribution in [0, 0.1) is 31.0 Å². The van der Waals surface area contributed by atoms with Crippen LogP contribution in [0.3, 0.4) is 0 Å². The second kappa shape index (κ2) is 5.63. The first kappa shape index (κ1) is 13.2. The molecule has 1 N–H and O–H groups in total. The van der Waals surface area contributed by atoms with Crippen LogP contribution >= 0.6 is 0 Å². The van der Waals surface area contributed by atoms with E-state index in [1.165, 1.54) is 12.1 Å². The van der Waals surface area contributed by atoms with Crippen LogP contribution < -0.4 is 5.32 Å². The van der Waals surface area contributed by atoms with Crippen molar-refractivity contribution in [2.45, 2.75) is 26.9 Å². The smallest absolute Gasteiger partial charge is 0.208 e. The number of rotatable bonds is 4. The molecule has 2 rings (SSSR count). The second-order valence-electron chi connectivity index (χ2n) is 4.31. The van der Waals surface area contributed by atoms with Crippen molar-refractivity contribution < 1.29 is 8.81 Å². The normalized spacial score (nSPS) is 10.4. The predicted octanol–water partition coefficient (Wildman–Crippen LogP) is 2.59. The van der Waals surface area contributed by atoms with Gasteiger partial charge in [0, 0.05) is 6.54 Å². The maximum Gasteiger partial charge on any atom is 0.208 e. The standard InChI is InChI=1S/C14H14FN3O/c1-9-10(2)19-14(18-9)8-17-7-12-3-11(6-16)4-13(15)5-12/h3-5,17H,7-8H2,1-2H3. The molecular weight excluding hydrogens is 245 g/mol. The molecule has 4 nitrogen and oxygen atoms in total. The van der Waals surface area contributed by atoms with Crippen molar-refractivity contribution in [3.63, 3.8) is 0 Å². The molecule has 98 valence electrons. The molecule has 0 saturated carbocycles. The van der Waals surface area contributed by atoms with Crippen LogP contribution in [-0.2, 0) is 13.1 Å². The van der Waals surface area contributed by atoms with Gasteiger partial charge in [-0.3, -0.25) is 0 Å². The van der Waals surface area contributed by atoms with E-state index in [0.29, 0.717) is 24.5 Å². The van der Waals surface area contributed by atoms with Crippen molar-refractivity contribution in [3.05, 3.63) is 52.5 Å². The molecule has 0 spiro atoms. The van der Waals surface area contributed by atoms with E-state index < -0.39 is 5.82 Å². The summed E-state index contributed by atoms with van der Waals surface area (Å²) in [5.74, 6) is 1.000. The molecule has 0 saturated heterocycles. The summed E-state index contributed by atoms with van der Waals surface area (Å²) in [7, 11) is 0. The van der Waals surface area contributed by atoms with Crippen molar-refractivity contribution in [2.24, 2.45) is 0 Å². The number of nitrogens with zero attached hydrogens (tertiary/aromatic N) is 2. The highest BCUT2D eigenvalue weighted by Gasteiger charge is 2.05. The summed E-state index contributed by atoms with van der Waals surface area (Å²) in [5.41, 5.74) is 1.91. The molecular formula is C14H14FN3O. The number of halogens is 1. The summed E-state index contributed by atoms with van der Waals surface area (Å²) in [6.07, 6.45) is 0. The van der Waals surface area contributed by atoms with Crippen LogP contribution in [0.2, 0.25) is 0 Å². The monoisotopic (exact) mass is 259 g/mol. The molecule has 1 aromatic heterocycles. The predicted molar refractivity (Wildman–Crippen MR) is 67.6 cm³/mol. The minimum absolute atomic E-state index is 0.319. The van der Waals surface area contributed by atoms with E-state index in [2.05, 4.69) is 10.3 Å². The number of hydrogen-bond acceptors (Lipinski definition) is 4. The molecule has 0 bridgehead atoms. The van der Waals surface area contributed by atoms with Gasteiger partial charge in [0.1, 0.15) is 11.6 Å². The van der Waals surface area contributed by atoms with E-state index in [1.807, 2.05) is 19.9 Å². The van der Waals surface area contributed by atoms with Gasteiger partial charge in [-0.1, -0.05) is 0 Å². The van der Waals surface area contributed by atoms with Gasteiger partial charge in [-0.15, -0.1) is 0 Å². The first-order valence-corrected chi connectivity index (χ1v) is 5.91. The van der Waals surface area contributed by atoms with Crippen molar-refractivity contribution in [1.29, 1.82) is 5.26 Å². The zero-order valence-electron chi connectivity index (χ0n) is 10.8. The van der Waals surface area contributed by atoms with Crippen LogP contribution in [0.15, 0.2) is 22.6 Å². The average Bonchev–Trinajstić information content (AvgIpc) is 2.68. The highest BCUT2D eigenvalue weighted by molar-refractivity contribution is 5.33. The summed E-state index contributed by atoms with van der Waals surface area (Å²) in [4.78, 5) is 4.24. The lowest BCUT2D eigenvalue weighted by molar-refractivity contribution is 0.448. The fraction of sp³-hybridized carbons (Fsp3) is 0.286. The molecule has 0 aliphatic carbocycles. The number of nitriles is 1. The van der Waals surface area contributed by atoms with E-state index in [1.54, 1.807) is 6.07 Å². The Balaban J connectivity index is 1.96. The van der Waals surface area contributed by atoms with Gasteiger partial charge in [-0.05, 0) is 37.6 Å². The molecule has 19 heavy (non-hydrogen) atoms. The Morgan fingerprint density at radius 1 is 1.32 bits per heavy atom. The number of oxazole rings is 1. The Bertz CT molecular complexity index is 609. The molecule has 0 unspecified atom stereocenters. The number of nitrogens with one attached hydrogen (secondary N) is 1. The van der Waals surface area contributed by atoms with Crippen molar-refractivity contribution in [2.75, 3.05) is 0 Å². The molecule has 2 aromatic rings. The van der Waals surface area contributed by atoms with Crippen LogP contribution in [0.4, 0.5) is 4.39 Å². The quantitative estimate of drug-likeness (QED) is 0.916. The summed E-state index contributed by atoms with van der Waals surface area (Å²) in [5, 5.41) is 11.9. The molecule has 1 heterocycles. The zero-order chi connectivity index (χ0) is 13.8. The second-order valence-corrected chi connectivity index (χ2v) is 4.31. The highest BCUT2D eigenvalue weighted by Crippen LogP contribution is 2.10. The van der Waals surface area contributed by atoms with Gasteiger partial charge in [0.25, 0.3) is 0 Å². The highest BCUT2D eigenvalue weighted by atomic mass is 19.1. The van der Waals surface area contributed by atoms with Gasteiger partial charge in [0.2, 0.25) is 5.89 Å². The molecule has 0 amide bonds. The number of aromatic nitrogens is 1. The van der Waals surface area contributed by atoms with E-state index in [9.17, 15) is 4.39 Å². The molecule has 0 radical (unpaired) electrons. The van der Waals surface area contributed by atoms with Crippen LogP contribution in [-0.4, -0.2) is 4.98 Å². The molecule has 0 aliphatic rings. The molecule has 5 heteroatoms. The van der Waals surface area contributed by atoms with E-state index >= 15 is 0 Å². The minimum Gasteiger partial charge on any atom is -0.444 e. The van der Waals surface area contributed by atoms with Crippen molar-refractivity contribution in [3.8, 4) is 6.07 Å². The Morgan fingerprint density at radius 2 is 2.11 bits per heavy atom. The van der Waals surface area contributed by atoms with E-state index in [4.69, 9.17) is 9.68 Å². The van der Waals surface area contributed by atoms with Crippen LogP contribution in [0.1, 0.15) is 28.5 Å². The summed E-state index contributed by atoms with van der Waals surface area (Å²) < 4.78 is 18.6. The SMILES string of the molecule is Cc1nc(CNCc2cc(F)cc(C#N)c2)oc1C. The summed E-state index contributed by atoms with van der Waals surface area (Å²) >= 11 is 0. The van der Waals surface area contributed by atoms with Crippen LogP contribution in [0.25, 0.3) is 0 Å². The third-order valence-electron chi connectivity index (χ3n) is 2.76. The largest absolute Gasteiger partial charge is 0.444 e. The Labute approximate surface area is 110 Å². The maximum absolute atomic E-state index is 13.2. The van der Waals surface area contributed by atoms with Crippen molar-refractivity contribution >= 4 is 0 Å². The van der Waals surface area contributed by atoms with E-state index in [0.717, 1.165) is 17.0 Å². The third kappa shape index (κ3) is 3.39. The van der Waals surface area contributed by atoms with Gasteiger partial charge >= 0.3 is 0 Å². The molecule has 0 aliphatic heterocycles. The minimum atomic E-state index is -0.404. The third-order valence-corrected chi connectivity index (χ3v) is 2.76. The Hall–Kier alpha value is -2.19. The number of aryl methyl sites for hydroxylation is 2. The van der Waals surface area contributed by atoms with Crippen molar-refractivity contribution in [1.82, 2.24) is 10.3 Å². The summed E-state index contributed by atoms with van der Waals surface area (Å²) in [6.45, 7) is 4.66. The Morgan fingerprint density at radius 3 is 2.74 bits per heavy atom. The van der Waals surface area contributed by atoms with Gasteiger partial charge in [0.05, 0.1) is 23.9 Å². The molecule has 1 aromatic carbocycles. The lowest BCUT2D eigenvalue weighted by Crippen LogP contribution is -2.13. The lowest BCUT2D eigenvalue weighted by atomic mass is 10.1.